The SMILES string of the molecule is Cc1cc(C(=O)NC2CCCCC2CN)cc([N+](=O)[O-])c1.Cl. The molecule has 0 bridgehead atoms. The third kappa shape index (κ3) is 4.42. The van der Waals surface area contributed by atoms with Crippen LogP contribution in [0.1, 0.15) is 41.6 Å². The molecular weight excluding hydrogens is 306 g/mol. The minimum atomic E-state index is -0.479. The van der Waals surface area contributed by atoms with Gasteiger partial charge in [-0.1, -0.05) is 12.8 Å². The van der Waals surface area contributed by atoms with E-state index in [9.17, 15) is 14.9 Å². The lowest BCUT2D eigenvalue weighted by Gasteiger charge is -2.31. The van der Waals surface area contributed by atoms with Crippen molar-refractivity contribution in [3.8, 4) is 0 Å². The van der Waals surface area contributed by atoms with E-state index in [-0.39, 0.29) is 30.0 Å². The van der Waals surface area contributed by atoms with E-state index in [1.165, 1.54) is 12.1 Å². The van der Waals surface area contributed by atoms with Gasteiger partial charge in [-0.15, -0.1) is 12.4 Å². The number of carbonyl (C=O) groups excluding carboxylic acids is 1. The fraction of sp³-hybridized carbons (Fsp3) is 0.533. The Kier molecular flexibility index (Phi) is 6.77. The van der Waals surface area contributed by atoms with Gasteiger partial charge in [-0.05, 0) is 43.9 Å². The summed E-state index contributed by atoms with van der Waals surface area (Å²) in [4.78, 5) is 22.7. The Hall–Kier alpha value is -1.66. The molecule has 0 heterocycles. The van der Waals surface area contributed by atoms with Crippen molar-refractivity contribution < 1.29 is 9.72 Å². The predicted octanol–water partition coefficient (Wildman–Crippen LogP) is 2.57. The average molecular weight is 328 g/mol. The van der Waals surface area contributed by atoms with Gasteiger partial charge < -0.3 is 11.1 Å². The molecule has 2 unspecified atom stereocenters. The number of halogens is 1. The minimum absolute atomic E-state index is 0. The number of nitro groups is 1. The van der Waals surface area contributed by atoms with Gasteiger partial charge in [-0.2, -0.15) is 0 Å². The first-order valence-electron chi connectivity index (χ1n) is 7.28. The molecule has 22 heavy (non-hydrogen) atoms. The van der Waals surface area contributed by atoms with Gasteiger partial charge >= 0.3 is 0 Å². The Morgan fingerprint density at radius 2 is 2.05 bits per heavy atom. The molecule has 1 aromatic rings. The van der Waals surface area contributed by atoms with Crippen LogP contribution in [0, 0.1) is 23.0 Å². The first-order chi connectivity index (χ1) is 10.0. The van der Waals surface area contributed by atoms with Crippen LogP contribution in [0.4, 0.5) is 5.69 Å². The number of benzene rings is 1. The molecule has 2 rings (SSSR count). The summed E-state index contributed by atoms with van der Waals surface area (Å²) in [7, 11) is 0. The van der Waals surface area contributed by atoms with E-state index in [1.54, 1.807) is 13.0 Å². The van der Waals surface area contributed by atoms with Crippen molar-refractivity contribution in [2.75, 3.05) is 6.54 Å². The smallest absolute Gasteiger partial charge is 0.270 e. The molecule has 1 aliphatic rings. The van der Waals surface area contributed by atoms with Gasteiger partial charge in [0.1, 0.15) is 0 Å². The largest absolute Gasteiger partial charge is 0.349 e. The van der Waals surface area contributed by atoms with Crippen LogP contribution in [-0.4, -0.2) is 23.4 Å². The standard InChI is InChI=1S/C15H21N3O3.ClH/c1-10-6-12(8-13(7-10)18(20)21)15(19)17-14-5-3-2-4-11(14)9-16;/h6-8,11,14H,2-5,9,16H2,1H3,(H,17,19);1H. The van der Waals surface area contributed by atoms with Gasteiger partial charge in [-0.25, -0.2) is 0 Å². The number of nitro benzene ring substituents is 1. The molecule has 1 aliphatic carbocycles. The Morgan fingerprint density at radius 1 is 1.36 bits per heavy atom. The number of hydrogen-bond acceptors (Lipinski definition) is 4. The second-order valence-electron chi connectivity index (χ2n) is 5.67. The summed E-state index contributed by atoms with van der Waals surface area (Å²) in [6, 6.07) is 4.52. The van der Waals surface area contributed by atoms with Gasteiger partial charge in [-0.3, -0.25) is 14.9 Å². The molecule has 0 radical (unpaired) electrons. The van der Waals surface area contributed by atoms with E-state index in [0.717, 1.165) is 25.7 Å². The average Bonchev–Trinajstić information content (AvgIpc) is 2.47. The lowest BCUT2D eigenvalue weighted by Crippen LogP contribution is -2.44. The number of hydrogen-bond donors (Lipinski definition) is 2. The van der Waals surface area contributed by atoms with Crippen molar-refractivity contribution >= 4 is 24.0 Å². The molecule has 1 fully saturated rings. The highest BCUT2D eigenvalue weighted by molar-refractivity contribution is 5.95. The van der Waals surface area contributed by atoms with Crippen molar-refractivity contribution in [3.05, 3.63) is 39.4 Å². The van der Waals surface area contributed by atoms with Crippen LogP contribution >= 0.6 is 12.4 Å². The van der Waals surface area contributed by atoms with Crippen LogP contribution in [0.25, 0.3) is 0 Å². The molecule has 1 saturated carbocycles. The van der Waals surface area contributed by atoms with Gasteiger partial charge in [0, 0.05) is 23.7 Å². The van der Waals surface area contributed by atoms with E-state index >= 15 is 0 Å². The van der Waals surface area contributed by atoms with Gasteiger partial charge in [0.05, 0.1) is 4.92 Å². The number of non-ortho nitro benzene ring substituents is 1. The minimum Gasteiger partial charge on any atom is -0.349 e. The van der Waals surface area contributed by atoms with Crippen LogP contribution in [-0.2, 0) is 0 Å². The maximum absolute atomic E-state index is 12.3. The summed E-state index contributed by atoms with van der Waals surface area (Å²) in [5.41, 5.74) is 6.74. The number of rotatable bonds is 4. The molecule has 3 N–H and O–H groups in total. The van der Waals surface area contributed by atoms with Crippen LogP contribution in [0.2, 0.25) is 0 Å². The molecule has 1 amide bonds. The summed E-state index contributed by atoms with van der Waals surface area (Å²) in [6.07, 6.45) is 4.16. The third-order valence-corrected chi connectivity index (χ3v) is 4.06. The number of carbonyl (C=O) groups is 1. The second-order valence-corrected chi connectivity index (χ2v) is 5.67. The van der Waals surface area contributed by atoms with Crippen LogP contribution < -0.4 is 11.1 Å². The molecule has 1 aromatic carbocycles. The van der Waals surface area contributed by atoms with Crippen molar-refractivity contribution in [2.24, 2.45) is 11.7 Å². The summed E-state index contributed by atoms with van der Waals surface area (Å²) in [5.74, 6) is 0.0367. The molecule has 0 saturated heterocycles. The second kappa shape index (κ2) is 8.10. The number of aryl methyl sites for hydroxylation is 1. The van der Waals surface area contributed by atoms with Crippen molar-refractivity contribution in [3.63, 3.8) is 0 Å². The Bertz CT molecular complexity index is 551. The van der Waals surface area contributed by atoms with Crippen molar-refractivity contribution in [1.82, 2.24) is 5.32 Å². The van der Waals surface area contributed by atoms with Crippen molar-refractivity contribution in [1.29, 1.82) is 0 Å². The fourth-order valence-electron chi connectivity index (χ4n) is 2.93. The molecule has 2 atom stereocenters. The van der Waals surface area contributed by atoms with E-state index < -0.39 is 4.92 Å². The zero-order chi connectivity index (χ0) is 15.4. The number of amides is 1. The van der Waals surface area contributed by atoms with Crippen LogP contribution in [0.5, 0.6) is 0 Å². The normalized spacial score (nSPS) is 20.8. The topological polar surface area (TPSA) is 98.3 Å². The van der Waals surface area contributed by atoms with Crippen LogP contribution in [0.3, 0.4) is 0 Å². The lowest BCUT2D eigenvalue weighted by molar-refractivity contribution is -0.384. The quantitative estimate of drug-likeness (QED) is 0.656. The third-order valence-electron chi connectivity index (χ3n) is 4.06. The lowest BCUT2D eigenvalue weighted by atomic mass is 9.84. The maximum Gasteiger partial charge on any atom is 0.270 e. The van der Waals surface area contributed by atoms with E-state index in [1.807, 2.05) is 0 Å². The molecule has 0 spiro atoms. The number of nitrogens with two attached hydrogens (primary N) is 1. The molecule has 0 aliphatic heterocycles. The fourth-order valence-corrected chi connectivity index (χ4v) is 2.93. The van der Waals surface area contributed by atoms with Gasteiger partial charge in [0.2, 0.25) is 0 Å². The molecule has 7 heteroatoms. The zero-order valence-corrected chi connectivity index (χ0v) is 13.4. The highest BCUT2D eigenvalue weighted by atomic mass is 35.5. The number of nitrogens with one attached hydrogen (secondary N) is 1. The van der Waals surface area contributed by atoms with Gasteiger partial charge in [0.25, 0.3) is 11.6 Å². The molecular formula is C15H22ClN3O3. The maximum atomic E-state index is 12.3. The monoisotopic (exact) mass is 327 g/mol. The summed E-state index contributed by atoms with van der Waals surface area (Å²) in [5, 5.41) is 13.9. The van der Waals surface area contributed by atoms with E-state index in [2.05, 4.69) is 5.32 Å². The Morgan fingerprint density at radius 3 is 2.68 bits per heavy atom. The predicted molar refractivity (Wildman–Crippen MR) is 87.3 cm³/mol. The van der Waals surface area contributed by atoms with Crippen molar-refractivity contribution in [2.45, 2.75) is 38.6 Å². The highest BCUT2D eigenvalue weighted by Crippen LogP contribution is 2.24. The summed E-state index contributed by atoms with van der Waals surface area (Å²) in [6.45, 7) is 2.30. The molecule has 0 aromatic heterocycles. The highest BCUT2D eigenvalue weighted by Gasteiger charge is 2.26. The number of nitrogens with zero attached hydrogens (tertiary/aromatic N) is 1. The van der Waals surface area contributed by atoms with Gasteiger partial charge in [0.15, 0.2) is 0 Å². The molecule has 6 nitrogen and oxygen atoms in total. The van der Waals surface area contributed by atoms with E-state index in [4.69, 9.17) is 5.73 Å². The zero-order valence-electron chi connectivity index (χ0n) is 12.6. The first kappa shape index (κ1) is 18.4. The summed E-state index contributed by atoms with van der Waals surface area (Å²) >= 11 is 0. The Labute approximate surface area is 136 Å². The summed E-state index contributed by atoms with van der Waals surface area (Å²) < 4.78 is 0. The Balaban J connectivity index is 0.00000242. The molecule has 122 valence electrons. The first-order valence-corrected chi connectivity index (χ1v) is 7.28. The van der Waals surface area contributed by atoms with E-state index in [0.29, 0.717) is 23.6 Å². The van der Waals surface area contributed by atoms with Crippen LogP contribution in [0.15, 0.2) is 18.2 Å².